The van der Waals surface area contributed by atoms with Crippen LogP contribution in [0.1, 0.15) is 11.5 Å². The van der Waals surface area contributed by atoms with E-state index in [0.717, 1.165) is 41.8 Å². The first-order valence-electron chi connectivity index (χ1n) is 7.24. The zero-order chi connectivity index (χ0) is 15.5. The summed E-state index contributed by atoms with van der Waals surface area (Å²) in [6.45, 7) is 3.96. The van der Waals surface area contributed by atoms with Gasteiger partial charge in [-0.2, -0.15) is 0 Å². The van der Waals surface area contributed by atoms with Crippen LogP contribution in [0.25, 0.3) is 0 Å². The van der Waals surface area contributed by atoms with Crippen LogP contribution in [0, 0.1) is 6.92 Å². The molecule has 3 rings (SSSR count). The number of nitrogens with zero attached hydrogens (tertiary/aromatic N) is 3. The molecule has 1 aromatic heterocycles. The lowest BCUT2D eigenvalue weighted by Crippen LogP contribution is -2.28. The standard InChI is InChI=1S/C16H20N4O2/c1-11-8-15(19-16(17-11)10-21-3)18-12-4-5-14-13(9-12)20(2)6-7-22-14/h4-5,8-9H,6-7,10H2,1-3H3,(H,17,18,19). The van der Waals surface area contributed by atoms with Gasteiger partial charge in [0.05, 0.1) is 12.2 Å². The fraction of sp³-hybridized carbons (Fsp3) is 0.375. The number of aromatic nitrogens is 2. The summed E-state index contributed by atoms with van der Waals surface area (Å²) in [4.78, 5) is 11.0. The second kappa shape index (κ2) is 6.19. The molecule has 0 aliphatic carbocycles. The van der Waals surface area contributed by atoms with Crippen molar-refractivity contribution in [3.63, 3.8) is 0 Å². The van der Waals surface area contributed by atoms with Crippen molar-refractivity contribution in [2.24, 2.45) is 0 Å². The number of aryl methyl sites for hydroxylation is 1. The lowest BCUT2D eigenvalue weighted by Gasteiger charge is -2.28. The first kappa shape index (κ1) is 14.6. The molecule has 6 nitrogen and oxygen atoms in total. The number of rotatable bonds is 4. The normalized spacial score (nSPS) is 13.5. The van der Waals surface area contributed by atoms with Crippen LogP contribution in [0.15, 0.2) is 24.3 Å². The van der Waals surface area contributed by atoms with Crippen LogP contribution >= 0.6 is 0 Å². The van der Waals surface area contributed by atoms with Gasteiger partial charge >= 0.3 is 0 Å². The van der Waals surface area contributed by atoms with Crippen LogP contribution in [0.4, 0.5) is 17.2 Å². The summed E-state index contributed by atoms with van der Waals surface area (Å²) in [5, 5.41) is 3.33. The molecule has 22 heavy (non-hydrogen) atoms. The van der Waals surface area contributed by atoms with Crippen LogP contribution in [0.5, 0.6) is 5.75 Å². The van der Waals surface area contributed by atoms with Crippen LogP contribution in [-0.2, 0) is 11.3 Å². The summed E-state index contributed by atoms with van der Waals surface area (Å²) >= 11 is 0. The summed E-state index contributed by atoms with van der Waals surface area (Å²) < 4.78 is 10.8. The Morgan fingerprint density at radius 3 is 3.00 bits per heavy atom. The van der Waals surface area contributed by atoms with Crippen molar-refractivity contribution < 1.29 is 9.47 Å². The summed E-state index contributed by atoms with van der Waals surface area (Å²) in [5.41, 5.74) is 2.96. The van der Waals surface area contributed by atoms with Gasteiger partial charge < -0.3 is 19.7 Å². The van der Waals surface area contributed by atoms with Crippen molar-refractivity contribution >= 4 is 17.2 Å². The third-order valence-electron chi connectivity index (χ3n) is 3.50. The molecule has 0 saturated heterocycles. The van der Waals surface area contributed by atoms with Gasteiger partial charge in [-0.15, -0.1) is 0 Å². The number of ether oxygens (including phenoxy) is 2. The van der Waals surface area contributed by atoms with Gasteiger partial charge in [0, 0.05) is 31.6 Å². The van der Waals surface area contributed by atoms with Gasteiger partial charge in [-0.25, -0.2) is 9.97 Å². The highest BCUT2D eigenvalue weighted by Crippen LogP contribution is 2.33. The molecule has 0 radical (unpaired) electrons. The zero-order valence-corrected chi connectivity index (χ0v) is 13.1. The largest absolute Gasteiger partial charge is 0.490 e. The second-order valence-electron chi connectivity index (χ2n) is 5.32. The number of anilines is 3. The van der Waals surface area contributed by atoms with Gasteiger partial charge in [-0.1, -0.05) is 0 Å². The van der Waals surface area contributed by atoms with Crippen LogP contribution < -0.4 is 15.0 Å². The molecule has 0 bridgehead atoms. The molecule has 0 atom stereocenters. The number of fused-ring (bicyclic) bond motifs is 1. The molecule has 116 valence electrons. The molecule has 1 aliphatic heterocycles. The summed E-state index contributed by atoms with van der Waals surface area (Å²) in [6, 6.07) is 7.96. The van der Waals surface area contributed by atoms with Gasteiger partial charge in [-0.05, 0) is 25.1 Å². The van der Waals surface area contributed by atoms with Gasteiger partial charge in [0.1, 0.15) is 24.8 Å². The topological polar surface area (TPSA) is 59.5 Å². The van der Waals surface area contributed by atoms with E-state index in [-0.39, 0.29) is 0 Å². The number of likely N-dealkylation sites (N-methyl/N-ethyl adjacent to an activating group) is 1. The molecular weight excluding hydrogens is 280 g/mol. The third-order valence-corrected chi connectivity index (χ3v) is 3.50. The lowest BCUT2D eigenvalue weighted by molar-refractivity contribution is 0.177. The Labute approximate surface area is 130 Å². The van der Waals surface area contributed by atoms with Crippen molar-refractivity contribution in [1.82, 2.24) is 9.97 Å². The maximum atomic E-state index is 5.66. The smallest absolute Gasteiger partial charge is 0.156 e. The average Bonchev–Trinajstić information content (AvgIpc) is 2.48. The highest BCUT2D eigenvalue weighted by molar-refractivity contribution is 5.69. The molecule has 1 N–H and O–H groups in total. The number of hydrogen-bond donors (Lipinski definition) is 1. The third kappa shape index (κ3) is 3.12. The molecule has 0 saturated carbocycles. The molecular formula is C16H20N4O2. The van der Waals surface area contributed by atoms with E-state index in [9.17, 15) is 0 Å². The quantitative estimate of drug-likeness (QED) is 0.936. The van der Waals surface area contributed by atoms with E-state index < -0.39 is 0 Å². The van der Waals surface area contributed by atoms with Crippen molar-refractivity contribution in [3.05, 3.63) is 35.8 Å². The number of nitrogens with one attached hydrogen (secondary N) is 1. The maximum Gasteiger partial charge on any atom is 0.156 e. The van der Waals surface area contributed by atoms with Crippen LogP contribution in [-0.4, -0.2) is 37.3 Å². The van der Waals surface area contributed by atoms with Crippen molar-refractivity contribution in [2.45, 2.75) is 13.5 Å². The van der Waals surface area contributed by atoms with Crippen molar-refractivity contribution in [3.8, 4) is 5.75 Å². The molecule has 0 spiro atoms. The molecule has 0 unspecified atom stereocenters. The van der Waals surface area contributed by atoms with Crippen molar-refractivity contribution in [2.75, 3.05) is 37.5 Å². The number of hydrogen-bond acceptors (Lipinski definition) is 6. The van der Waals surface area contributed by atoms with Gasteiger partial charge in [-0.3, -0.25) is 0 Å². The Morgan fingerprint density at radius 1 is 1.32 bits per heavy atom. The molecule has 6 heteroatoms. The Kier molecular flexibility index (Phi) is 4.11. The highest BCUT2D eigenvalue weighted by atomic mass is 16.5. The van der Waals surface area contributed by atoms with Gasteiger partial charge in [0.25, 0.3) is 0 Å². The highest BCUT2D eigenvalue weighted by Gasteiger charge is 2.15. The summed E-state index contributed by atoms with van der Waals surface area (Å²) in [7, 11) is 3.70. The molecule has 1 aromatic carbocycles. The van der Waals surface area contributed by atoms with E-state index in [1.54, 1.807) is 7.11 Å². The fourth-order valence-corrected chi connectivity index (χ4v) is 2.46. The maximum absolute atomic E-state index is 5.66. The lowest BCUT2D eigenvalue weighted by atomic mass is 10.2. The second-order valence-corrected chi connectivity index (χ2v) is 5.32. The van der Waals surface area contributed by atoms with Crippen LogP contribution in [0.2, 0.25) is 0 Å². The van der Waals surface area contributed by atoms with E-state index in [0.29, 0.717) is 12.4 Å². The molecule has 2 heterocycles. The Hall–Kier alpha value is -2.34. The minimum atomic E-state index is 0.400. The van der Waals surface area contributed by atoms with E-state index in [2.05, 4.69) is 33.3 Å². The summed E-state index contributed by atoms with van der Waals surface area (Å²) in [5.74, 6) is 2.35. The SMILES string of the molecule is COCc1nc(C)cc(Nc2ccc3c(c2)N(C)CCO3)n1. The Morgan fingerprint density at radius 2 is 2.18 bits per heavy atom. The summed E-state index contributed by atoms with van der Waals surface area (Å²) in [6.07, 6.45) is 0. The van der Waals surface area contributed by atoms with Crippen molar-refractivity contribution in [1.29, 1.82) is 0 Å². The van der Waals surface area contributed by atoms with E-state index in [1.165, 1.54) is 0 Å². The monoisotopic (exact) mass is 300 g/mol. The van der Waals surface area contributed by atoms with Crippen LogP contribution in [0.3, 0.4) is 0 Å². The Balaban J connectivity index is 1.85. The van der Waals surface area contributed by atoms with Gasteiger partial charge in [0.2, 0.25) is 0 Å². The van der Waals surface area contributed by atoms with Gasteiger partial charge in [0.15, 0.2) is 5.82 Å². The fourth-order valence-electron chi connectivity index (χ4n) is 2.46. The van der Waals surface area contributed by atoms with E-state index in [4.69, 9.17) is 9.47 Å². The molecule has 0 fully saturated rings. The predicted octanol–water partition coefficient (Wildman–Crippen LogP) is 2.50. The molecule has 1 aliphatic rings. The number of methoxy groups -OCH3 is 1. The minimum Gasteiger partial charge on any atom is -0.490 e. The average molecular weight is 300 g/mol. The first-order chi connectivity index (χ1) is 10.7. The van der Waals surface area contributed by atoms with E-state index >= 15 is 0 Å². The molecule has 0 amide bonds. The minimum absolute atomic E-state index is 0.400. The molecule has 2 aromatic rings. The first-order valence-corrected chi connectivity index (χ1v) is 7.24. The predicted molar refractivity (Wildman–Crippen MR) is 86.0 cm³/mol. The number of benzene rings is 1. The zero-order valence-electron chi connectivity index (χ0n) is 13.1. The Bertz CT molecular complexity index is 675. The van der Waals surface area contributed by atoms with E-state index in [1.807, 2.05) is 25.1 Å².